The molecule has 1 saturated heterocycles. The first-order valence-corrected chi connectivity index (χ1v) is 8.67. The average molecular weight is 373 g/mol. The molecule has 1 aliphatic heterocycles. The van der Waals surface area contributed by atoms with E-state index in [1.54, 1.807) is 6.07 Å². The third-order valence-electron chi connectivity index (χ3n) is 4.44. The fourth-order valence-corrected chi connectivity index (χ4v) is 3.36. The number of aromatic nitrogens is 4. The van der Waals surface area contributed by atoms with Crippen LogP contribution in [0.1, 0.15) is 6.42 Å². The van der Waals surface area contributed by atoms with Gasteiger partial charge in [0.05, 0.1) is 6.20 Å². The lowest BCUT2D eigenvalue weighted by molar-refractivity contribution is -0.122. The predicted molar refractivity (Wildman–Crippen MR) is 97.5 cm³/mol. The lowest BCUT2D eigenvalue weighted by atomic mass is 10.2. The smallest absolute Gasteiger partial charge is 0.293 e. The number of carbonyl (C=O) groups is 1. The van der Waals surface area contributed by atoms with Crippen molar-refractivity contribution in [2.24, 2.45) is 0 Å². The van der Waals surface area contributed by atoms with E-state index < -0.39 is 0 Å². The maximum absolute atomic E-state index is 12.3. The molecule has 26 heavy (non-hydrogen) atoms. The van der Waals surface area contributed by atoms with Crippen LogP contribution in [0.5, 0.6) is 0 Å². The van der Waals surface area contributed by atoms with E-state index in [-0.39, 0.29) is 24.1 Å². The summed E-state index contributed by atoms with van der Waals surface area (Å²) >= 11 is 6.04. The highest BCUT2D eigenvalue weighted by molar-refractivity contribution is 6.30. The van der Waals surface area contributed by atoms with Crippen molar-refractivity contribution in [1.82, 2.24) is 24.7 Å². The molecule has 0 bridgehead atoms. The van der Waals surface area contributed by atoms with Crippen LogP contribution in [0.25, 0.3) is 5.52 Å². The molecule has 0 aliphatic carbocycles. The number of halogens is 1. The molecule has 2 aromatic heterocycles. The summed E-state index contributed by atoms with van der Waals surface area (Å²) < 4.78 is 2.53. The molecule has 1 aromatic carbocycles. The Hall–Kier alpha value is -2.87. The summed E-state index contributed by atoms with van der Waals surface area (Å²) in [5, 5.41) is 11.6. The molecule has 1 N–H and O–H groups in total. The van der Waals surface area contributed by atoms with Crippen molar-refractivity contribution in [3.63, 3.8) is 0 Å². The summed E-state index contributed by atoms with van der Waals surface area (Å²) in [7, 11) is 0. The minimum atomic E-state index is -0.341. The molecule has 1 atom stereocenters. The summed E-state index contributed by atoms with van der Waals surface area (Å²) in [6.07, 6.45) is 3.77. The van der Waals surface area contributed by atoms with Crippen molar-refractivity contribution in [2.45, 2.75) is 19.0 Å². The van der Waals surface area contributed by atoms with Gasteiger partial charge in [-0.3, -0.25) is 9.59 Å². The molecule has 8 nitrogen and oxygen atoms in total. The first-order chi connectivity index (χ1) is 12.6. The van der Waals surface area contributed by atoms with Crippen molar-refractivity contribution in [3.05, 3.63) is 58.2 Å². The second kappa shape index (κ2) is 6.80. The van der Waals surface area contributed by atoms with Crippen LogP contribution in [0, 0.1) is 0 Å². The van der Waals surface area contributed by atoms with Gasteiger partial charge in [0, 0.05) is 29.8 Å². The summed E-state index contributed by atoms with van der Waals surface area (Å²) in [5.41, 5.74) is 1.09. The summed E-state index contributed by atoms with van der Waals surface area (Å²) in [4.78, 5) is 26.8. The summed E-state index contributed by atoms with van der Waals surface area (Å²) in [5.74, 6) is -0.235. The maximum Gasteiger partial charge on any atom is 0.293 e. The topological polar surface area (TPSA) is 84.5 Å². The number of hydrogen-bond donors (Lipinski definition) is 1. The molecule has 0 radical (unpaired) electrons. The number of carbonyl (C=O) groups excluding carboxylic acids is 1. The summed E-state index contributed by atoms with van der Waals surface area (Å²) in [6, 6.07) is 9.28. The molecule has 0 saturated carbocycles. The Bertz CT molecular complexity index is 1010. The van der Waals surface area contributed by atoms with Crippen LogP contribution >= 0.6 is 11.6 Å². The second-order valence-electron chi connectivity index (χ2n) is 6.23. The van der Waals surface area contributed by atoms with Crippen LogP contribution in [0.2, 0.25) is 5.02 Å². The van der Waals surface area contributed by atoms with E-state index in [4.69, 9.17) is 11.6 Å². The third-order valence-corrected chi connectivity index (χ3v) is 4.68. The monoisotopic (exact) mass is 372 g/mol. The van der Waals surface area contributed by atoms with Crippen LogP contribution in [-0.2, 0) is 11.3 Å². The van der Waals surface area contributed by atoms with Gasteiger partial charge in [0.1, 0.15) is 18.4 Å². The summed E-state index contributed by atoms with van der Waals surface area (Å²) in [6.45, 7) is 1.43. The van der Waals surface area contributed by atoms with E-state index in [1.807, 2.05) is 24.3 Å². The van der Waals surface area contributed by atoms with E-state index in [0.717, 1.165) is 23.3 Å². The SMILES string of the molecule is O=C(Cn1ncn2nccc2c1=O)NC1CCN(c2cccc(Cl)c2)C1. The number of fused-ring (bicyclic) bond motifs is 1. The molecular formula is C17H17ClN6O2. The van der Waals surface area contributed by atoms with Gasteiger partial charge in [-0.05, 0) is 30.7 Å². The lowest BCUT2D eigenvalue weighted by Crippen LogP contribution is -2.41. The zero-order chi connectivity index (χ0) is 18.1. The van der Waals surface area contributed by atoms with Crippen LogP contribution in [0.15, 0.2) is 47.7 Å². The van der Waals surface area contributed by atoms with E-state index in [2.05, 4.69) is 20.4 Å². The molecule has 134 valence electrons. The Morgan fingerprint density at radius 2 is 2.19 bits per heavy atom. The van der Waals surface area contributed by atoms with Crippen LogP contribution in [0.3, 0.4) is 0 Å². The molecule has 1 unspecified atom stereocenters. The minimum absolute atomic E-state index is 0.0240. The molecule has 3 heterocycles. The number of rotatable bonds is 4. The average Bonchev–Trinajstić information content (AvgIpc) is 3.27. The molecule has 0 spiro atoms. The number of amides is 1. The normalized spacial score (nSPS) is 17.0. The molecular weight excluding hydrogens is 356 g/mol. The Kier molecular flexibility index (Phi) is 4.34. The number of benzene rings is 1. The molecule has 3 aromatic rings. The van der Waals surface area contributed by atoms with Gasteiger partial charge in [-0.25, -0.2) is 9.20 Å². The van der Waals surface area contributed by atoms with Crippen LogP contribution in [-0.4, -0.2) is 44.4 Å². The Morgan fingerprint density at radius 3 is 3.04 bits per heavy atom. The van der Waals surface area contributed by atoms with Crippen molar-refractivity contribution < 1.29 is 4.79 Å². The highest BCUT2D eigenvalue weighted by atomic mass is 35.5. The minimum Gasteiger partial charge on any atom is -0.369 e. The van der Waals surface area contributed by atoms with E-state index in [9.17, 15) is 9.59 Å². The Labute approximate surface area is 154 Å². The van der Waals surface area contributed by atoms with Crippen molar-refractivity contribution >= 4 is 28.7 Å². The number of nitrogens with one attached hydrogen (secondary N) is 1. The Balaban J connectivity index is 1.39. The fourth-order valence-electron chi connectivity index (χ4n) is 3.18. The number of hydrogen-bond acceptors (Lipinski definition) is 5. The zero-order valence-electron chi connectivity index (χ0n) is 13.9. The van der Waals surface area contributed by atoms with Crippen LogP contribution < -0.4 is 15.8 Å². The van der Waals surface area contributed by atoms with Crippen molar-refractivity contribution in [3.8, 4) is 0 Å². The molecule has 9 heteroatoms. The van der Waals surface area contributed by atoms with Gasteiger partial charge in [-0.15, -0.1) is 0 Å². The largest absolute Gasteiger partial charge is 0.369 e. The second-order valence-corrected chi connectivity index (χ2v) is 6.67. The molecule has 1 fully saturated rings. The van der Waals surface area contributed by atoms with Gasteiger partial charge < -0.3 is 10.2 Å². The standard InChI is InChI=1S/C17H17ClN6O2/c18-12-2-1-3-14(8-12)22-7-5-13(9-22)21-16(25)10-23-17(26)15-4-6-19-24(15)11-20-23/h1-4,6,8,11,13H,5,7,9-10H2,(H,21,25). The number of anilines is 1. The third kappa shape index (κ3) is 3.28. The van der Waals surface area contributed by atoms with E-state index in [0.29, 0.717) is 17.1 Å². The highest BCUT2D eigenvalue weighted by Crippen LogP contribution is 2.23. The first-order valence-electron chi connectivity index (χ1n) is 8.29. The highest BCUT2D eigenvalue weighted by Gasteiger charge is 2.24. The molecule has 1 aliphatic rings. The maximum atomic E-state index is 12.3. The number of nitrogens with zero attached hydrogens (tertiary/aromatic N) is 5. The molecule has 4 rings (SSSR count). The fraction of sp³-hybridized carbons (Fsp3) is 0.294. The van der Waals surface area contributed by atoms with Crippen molar-refractivity contribution in [1.29, 1.82) is 0 Å². The van der Waals surface area contributed by atoms with E-state index >= 15 is 0 Å². The Morgan fingerprint density at radius 1 is 1.31 bits per heavy atom. The van der Waals surface area contributed by atoms with Gasteiger partial charge in [0.2, 0.25) is 5.91 Å². The predicted octanol–water partition coefficient (Wildman–Crippen LogP) is 0.939. The lowest BCUT2D eigenvalue weighted by Gasteiger charge is -2.19. The van der Waals surface area contributed by atoms with E-state index in [1.165, 1.54) is 17.0 Å². The van der Waals surface area contributed by atoms with Gasteiger partial charge in [-0.1, -0.05) is 17.7 Å². The van der Waals surface area contributed by atoms with Crippen molar-refractivity contribution in [2.75, 3.05) is 18.0 Å². The van der Waals surface area contributed by atoms with Gasteiger partial charge in [0.25, 0.3) is 5.56 Å². The van der Waals surface area contributed by atoms with Gasteiger partial charge in [-0.2, -0.15) is 10.2 Å². The zero-order valence-corrected chi connectivity index (χ0v) is 14.6. The quantitative estimate of drug-likeness (QED) is 0.736. The molecule has 1 amide bonds. The van der Waals surface area contributed by atoms with Gasteiger partial charge >= 0.3 is 0 Å². The first kappa shape index (κ1) is 16.6. The van der Waals surface area contributed by atoms with Gasteiger partial charge in [0.15, 0.2) is 0 Å². The van der Waals surface area contributed by atoms with Crippen LogP contribution in [0.4, 0.5) is 5.69 Å².